The first kappa shape index (κ1) is 31.1. The summed E-state index contributed by atoms with van der Waals surface area (Å²) < 4.78 is 29.7. The van der Waals surface area contributed by atoms with Crippen LogP contribution < -0.4 is 18.9 Å². The number of aryl methyl sites for hydroxylation is 1. The van der Waals surface area contributed by atoms with E-state index >= 15 is 0 Å². The fourth-order valence-electron chi connectivity index (χ4n) is 4.89. The average molecular weight is 615 g/mol. The van der Waals surface area contributed by atoms with E-state index < -0.39 is 11.9 Å². The summed E-state index contributed by atoms with van der Waals surface area (Å²) in [5.41, 5.74) is 3.30. The Kier molecular flexibility index (Phi) is 10.0. The van der Waals surface area contributed by atoms with Crippen molar-refractivity contribution in [1.82, 2.24) is 9.55 Å². The molecule has 1 aliphatic rings. The smallest absolute Gasteiger partial charge is 0.335 e. The molecule has 5 rings (SSSR count). The zero-order valence-corrected chi connectivity index (χ0v) is 25.0. The molecule has 0 aliphatic carbocycles. The lowest BCUT2D eigenvalue weighted by molar-refractivity contribution is -0.132. The molecule has 0 saturated carbocycles. The predicted octanol–water partition coefficient (Wildman–Crippen LogP) is 5.91. The molecule has 4 aromatic rings. The summed E-state index contributed by atoms with van der Waals surface area (Å²) >= 11 is 0. The van der Waals surface area contributed by atoms with E-state index in [0.717, 1.165) is 36.3 Å². The summed E-state index contributed by atoms with van der Waals surface area (Å²) in [4.78, 5) is 28.1. The van der Waals surface area contributed by atoms with Crippen LogP contribution in [-0.4, -0.2) is 52.4 Å². The number of fused-ring (bicyclic) bond motifs is 1. The van der Waals surface area contributed by atoms with Gasteiger partial charge < -0.3 is 33.9 Å². The maximum Gasteiger partial charge on any atom is 0.335 e. The van der Waals surface area contributed by atoms with Gasteiger partial charge >= 0.3 is 11.9 Å². The van der Waals surface area contributed by atoms with E-state index in [1.54, 1.807) is 36.5 Å². The van der Waals surface area contributed by atoms with Crippen LogP contribution in [0.15, 0.2) is 72.4 Å². The van der Waals surface area contributed by atoms with Gasteiger partial charge in [0.25, 0.3) is 0 Å². The number of methoxy groups -OCH3 is 1. The van der Waals surface area contributed by atoms with Crippen LogP contribution >= 0.6 is 0 Å². The molecule has 0 bridgehead atoms. The molecule has 1 aliphatic heterocycles. The second kappa shape index (κ2) is 14.5. The quantitative estimate of drug-likeness (QED) is 0.0943. The highest BCUT2D eigenvalue weighted by molar-refractivity contribution is 5.92. The van der Waals surface area contributed by atoms with Gasteiger partial charge in [-0.1, -0.05) is 25.5 Å². The molecule has 2 heterocycles. The van der Waals surface area contributed by atoms with Crippen LogP contribution in [0.3, 0.4) is 0 Å². The number of carboxylic acids is 2. The number of unbranched alkanes of at least 4 members (excludes halogenated alkanes) is 1. The standard InChI is InChI=1S/C34H34N2O9/c1-3-4-5-32-35-18-27(15-25(34(39)40)14-24-16-30-31(45-21-44-30)17-29(24)41-2)36(32)26-10-12-28(13-11-26)43-20-42-19-22-6-8-23(9-7-22)33(37)38/h6-13,15-18H,3-5,14,19-21H2,1-2H3,(H,37,38)(H,39,40)/b25-15+. The Hall–Kier alpha value is -5.29. The van der Waals surface area contributed by atoms with Crippen molar-refractivity contribution in [2.45, 2.75) is 39.2 Å². The summed E-state index contributed by atoms with van der Waals surface area (Å²) in [7, 11) is 1.53. The molecule has 11 heteroatoms. The van der Waals surface area contributed by atoms with Gasteiger partial charge in [-0.15, -0.1) is 0 Å². The minimum Gasteiger partial charge on any atom is -0.496 e. The third-order valence-corrected chi connectivity index (χ3v) is 7.24. The van der Waals surface area contributed by atoms with Crippen LogP contribution in [0.4, 0.5) is 0 Å². The number of benzene rings is 3. The van der Waals surface area contributed by atoms with E-state index in [4.69, 9.17) is 28.8 Å². The van der Waals surface area contributed by atoms with Crippen molar-refractivity contribution in [2.75, 3.05) is 20.7 Å². The van der Waals surface area contributed by atoms with Crippen LogP contribution in [0.1, 0.15) is 52.8 Å². The number of hydrogen-bond donors (Lipinski definition) is 2. The SMILES string of the molecule is CCCCc1ncc(/C=C(\Cc2cc3c(cc2OC)OCO3)C(=O)O)n1-c1ccc(OCOCc2ccc(C(=O)O)cc2)cc1. The van der Waals surface area contributed by atoms with Crippen LogP contribution in [0.2, 0.25) is 0 Å². The fourth-order valence-corrected chi connectivity index (χ4v) is 4.89. The maximum absolute atomic E-state index is 12.4. The number of aromatic carboxylic acids is 1. The summed E-state index contributed by atoms with van der Waals surface area (Å²) in [6.07, 6.45) is 6.06. The van der Waals surface area contributed by atoms with Gasteiger partial charge in [-0.3, -0.25) is 4.57 Å². The zero-order chi connectivity index (χ0) is 31.8. The highest BCUT2D eigenvalue weighted by Crippen LogP contribution is 2.39. The van der Waals surface area contributed by atoms with E-state index in [1.807, 2.05) is 28.8 Å². The monoisotopic (exact) mass is 614 g/mol. The molecule has 11 nitrogen and oxygen atoms in total. The van der Waals surface area contributed by atoms with Crippen LogP contribution in [0.5, 0.6) is 23.0 Å². The highest BCUT2D eigenvalue weighted by atomic mass is 16.7. The van der Waals surface area contributed by atoms with E-state index in [-0.39, 0.29) is 37.8 Å². The molecule has 0 fully saturated rings. The van der Waals surface area contributed by atoms with Gasteiger partial charge in [0.1, 0.15) is 17.3 Å². The van der Waals surface area contributed by atoms with Gasteiger partial charge in [0.15, 0.2) is 18.3 Å². The zero-order valence-electron chi connectivity index (χ0n) is 25.0. The first-order chi connectivity index (χ1) is 21.9. The van der Waals surface area contributed by atoms with E-state index in [1.165, 1.54) is 19.2 Å². The molecule has 234 valence electrons. The number of carbonyl (C=O) groups is 2. The lowest BCUT2D eigenvalue weighted by Gasteiger charge is -2.13. The summed E-state index contributed by atoms with van der Waals surface area (Å²) in [5.74, 6) is 0.993. The third-order valence-electron chi connectivity index (χ3n) is 7.24. The second-order valence-electron chi connectivity index (χ2n) is 10.3. The van der Waals surface area contributed by atoms with Crippen molar-refractivity contribution in [3.63, 3.8) is 0 Å². The first-order valence-corrected chi connectivity index (χ1v) is 14.5. The van der Waals surface area contributed by atoms with Crippen molar-refractivity contribution in [1.29, 1.82) is 0 Å². The maximum atomic E-state index is 12.4. The minimum atomic E-state index is -1.06. The lowest BCUT2D eigenvalue weighted by Crippen LogP contribution is -2.08. The van der Waals surface area contributed by atoms with Crippen molar-refractivity contribution in [3.8, 4) is 28.7 Å². The van der Waals surface area contributed by atoms with Gasteiger partial charge in [-0.2, -0.15) is 0 Å². The number of ether oxygens (including phenoxy) is 5. The molecule has 1 aromatic heterocycles. The Balaban J connectivity index is 1.32. The number of aliphatic carboxylic acids is 1. The molecule has 2 N–H and O–H groups in total. The fraction of sp³-hybridized carbons (Fsp3) is 0.265. The normalized spacial score (nSPS) is 12.3. The summed E-state index contributed by atoms with van der Waals surface area (Å²) in [5, 5.41) is 19.2. The number of hydrogen-bond acceptors (Lipinski definition) is 8. The van der Waals surface area contributed by atoms with Crippen molar-refractivity contribution in [2.24, 2.45) is 0 Å². The number of carboxylic acid groups (broad SMARTS) is 2. The number of imidazole rings is 1. The molecule has 3 aromatic carbocycles. The molecule has 0 radical (unpaired) electrons. The molecule has 0 atom stereocenters. The molecule has 45 heavy (non-hydrogen) atoms. The Morgan fingerprint density at radius 3 is 2.42 bits per heavy atom. The number of nitrogens with zero attached hydrogens (tertiary/aromatic N) is 2. The van der Waals surface area contributed by atoms with Gasteiger partial charge in [0.05, 0.1) is 31.2 Å². The van der Waals surface area contributed by atoms with Crippen molar-refractivity contribution in [3.05, 3.63) is 101 Å². The Morgan fingerprint density at radius 1 is 1.02 bits per heavy atom. The van der Waals surface area contributed by atoms with Gasteiger partial charge in [-0.05, 0) is 60.5 Å². The van der Waals surface area contributed by atoms with Crippen molar-refractivity contribution >= 4 is 18.0 Å². The lowest BCUT2D eigenvalue weighted by atomic mass is 10.0. The highest BCUT2D eigenvalue weighted by Gasteiger charge is 2.21. The number of aromatic nitrogens is 2. The predicted molar refractivity (Wildman–Crippen MR) is 164 cm³/mol. The first-order valence-electron chi connectivity index (χ1n) is 14.5. The summed E-state index contributed by atoms with van der Waals surface area (Å²) in [6, 6.07) is 17.3. The summed E-state index contributed by atoms with van der Waals surface area (Å²) in [6.45, 7) is 2.49. The van der Waals surface area contributed by atoms with E-state index in [0.29, 0.717) is 34.3 Å². The topological polar surface area (TPSA) is 139 Å². The molecule has 0 amide bonds. The molecular weight excluding hydrogens is 580 g/mol. The van der Waals surface area contributed by atoms with Gasteiger partial charge in [0, 0.05) is 35.7 Å². The largest absolute Gasteiger partial charge is 0.496 e. The van der Waals surface area contributed by atoms with Crippen LogP contribution in [-0.2, 0) is 29.0 Å². The van der Waals surface area contributed by atoms with E-state index in [9.17, 15) is 14.7 Å². The number of rotatable bonds is 15. The molecular formula is C34H34N2O9. The Morgan fingerprint density at radius 2 is 1.76 bits per heavy atom. The Bertz CT molecular complexity index is 1680. The molecule has 0 saturated heterocycles. The van der Waals surface area contributed by atoms with Gasteiger partial charge in [-0.25, -0.2) is 14.6 Å². The van der Waals surface area contributed by atoms with Crippen LogP contribution in [0.25, 0.3) is 11.8 Å². The average Bonchev–Trinajstić information content (AvgIpc) is 3.68. The second-order valence-corrected chi connectivity index (χ2v) is 10.3. The van der Waals surface area contributed by atoms with Crippen molar-refractivity contribution < 1.29 is 43.5 Å². The Labute approximate surface area is 260 Å². The third kappa shape index (κ3) is 7.63. The minimum absolute atomic E-state index is 0.00609. The molecule has 0 unspecified atom stereocenters. The van der Waals surface area contributed by atoms with Crippen LogP contribution in [0, 0.1) is 0 Å². The molecule has 0 spiro atoms. The van der Waals surface area contributed by atoms with Gasteiger partial charge in [0.2, 0.25) is 6.79 Å². The van der Waals surface area contributed by atoms with E-state index in [2.05, 4.69) is 11.9 Å².